The van der Waals surface area contributed by atoms with Gasteiger partial charge in [-0.25, -0.2) is 0 Å². The molecule has 0 aliphatic carbocycles. The Balaban J connectivity index is 0.00000288. The van der Waals surface area contributed by atoms with Crippen LogP contribution in [0.5, 0.6) is 0 Å². The van der Waals surface area contributed by atoms with Crippen molar-refractivity contribution in [3.63, 3.8) is 0 Å². The molecule has 0 aliphatic heterocycles. The first-order chi connectivity index (χ1) is 11.0. The minimum absolute atomic E-state index is 0. The van der Waals surface area contributed by atoms with Crippen LogP contribution in [0, 0.1) is 5.92 Å². The molecule has 0 saturated carbocycles. The van der Waals surface area contributed by atoms with E-state index >= 15 is 0 Å². The van der Waals surface area contributed by atoms with Gasteiger partial charge >= 0.3 is 0 Å². The van der Waals surface area contributed by atoms with Crippen LogP contribution in [-0.2, 0) is 9.53 Å². The number of halogens is 1. The smallest absolute Gasteiger partial charge is 0.229 e. The third-order valence-electron chi connectivity index (χ3n) is 4.11. The number of hydrogen-bond acceptors (Lipinski definition) is 3. The van der Waals surface area contributed by atoms with Crippen LogP contribution in [-0.4, -0.2) is 13.0 Å². The Hall–Kier alpha value is -1.88. The van der Waals surface area contributed by atoms with Gasteiger partial charge in [0, 0.05) is 18.8 Å². The summed E-state index contributed by atoms with van der Waals surface area (Å²) in [4.78, 5) is 12.5. The molecule has 3 unspecified atom stereocenters. The van der Waals surface area contributed by atoms with E-state index in [4.69, 9.17) is 10.5 Å². The molecule has 4 nitrogen and oxygen atoms in total. The van der Waals surface area contributed by atoms with Crippen molar-refractivity contribution in [1.82, 2.24) is 0 Å². The van der Waals surface area contributed by atoms with E-state index < -0.39 is 0 Å². The van der Waals surface area contributed by atoms with Gasteiger partial charge in [0.05, 0.1) is 12.0 Å². The number of hydrogen-bond donors (Lipinski definition) is 2. The molecule has 2 rings (SSSR count). The highest BCUT2D eigenvalue weighted by Gasteiger charge is 2.22. The van der Waals surface area contributed by atoms with Gasteiger partial charge in [-0.1, -0.05) is 49.4 Å². The number of amides is 1. The first-order valence-corrected chi connectivity index (χ1v) is 7.77. The molecular weight excluding hydrogens is 324 g/mol. The summed E-state index contributed by atoms with van der Waals surface area (Å²) in [6.07, 6.45) is -0.0177. The highest BCUT2D eigenvalue weighted by molar-refractivity contribution is 5.93. The third-order valence-corrected chi connectivity index (χ3v) is 4.11. The maximum atomic E-state index is 12.5. The zero-order valence-electron chi connectivity index (χ0n) is 14.2. The Kier molecular flexibility index (Phi) is 7.92. The van der Waals surface area contributed by atoms with E-state index in [-0.39, 0.29) is 36.4 Å². The average Bonchev–Trinajstić information content (AvgIpc) is 2.60. The quantitative estimate of drug-likeness (QED) is 0.826. The number of nitrogens with one attached hydrogen (secondary N) is 1. The van der Waals surface area contributed by atoms with Crippen LogP contribution in [0.1, 0.15) is 37.1 Å². The number of nitrogens with two attached hydrogens (primary N) is 1. The summed E-state index contributed by atoms with van der Waals surface area (Å²) in [5.41, 5.74) is 8.94. The molecule has 0 fully saturated rings. The number of benzene rings is 2. The van der Waals surface area contributed by atoms with Crippen LogP contribution in [0.15, 0.2) is 54.6 Å². The molecule has 3 atom stereocenters. The topological polar surface area (TPSA) is 64.3 Å². The first-order valence-electron chi connectivity index (χ1n) is 7.77. The lowest BCUT2D eigenvalue weighted by Crippen LogP contribution is -2.30. The van der Waals surface area contributed by atoms with Gasteiger partial charge in [0.15, 0.2) is 0 Å². The van der Waals surface area contributed by atoms with Crippen molar-refractivity contribution in [2.75, 3.05) is 12.4 Å². The van der Waals surface area contributed by atoms with Gasteiger partial charge in [-0.15, -0.1) is 12.4 Å². The van der Waals surface area contributed by atoms with Gasteiger partial charge in [0.25, 0.3) is 0 Å². The van der Waals surface area contributed by atoms with Crippen molar-refractivity contribution in [2.45, 2.75) is 26.0 Å². The lowest BCUT2D eigenvalue weighted by molar-refractivity contribution is -0.120. The molecular formula is C19H25ClN2O2. The van der Waals surface area contributed by atoms with Crippen LogP contribution in [0.25, 0.3) is 0 Å². The molecule has 2 aromatic rings. The molecule has 1 amide bonds. The zero-order chi connectivity index (χ0) is 16.8. The van der Waals surface area contributed by atoms with Crippen molar-refractivity contribution >= 4 is 24.0 Å². The van der Waals surface area contributed by atoms with Gasteiger partial charge in [0.2, 0.25) is 5.91 Å². The predicted molar refractivity (Wildman–Crippen MR) is 100 cm³/mol. The van der Waals surface area contributed by atoms with Gasteiger partial charge in [-0.05, 0) is 30.2 Å². The third kappa shape index (κ3) is 5.06. The Labute approximate surface area is 149 Å². The van der Waals surface area contributed by atoms with Gasteiger partial charge in [-0.2, -0.15) is 0 Å². The Bertz CT molecular complexity index is 649. The molecule has 0 heterocycles. The fourth-order valence-corrected chi connectivity index (χ4v) is 2.39. The largest absolute Gasteiger partial charge is 0.377 e. The van der Waals surface area contributed by atoms with Gasteiger partial charge < -0.3 is 15.8 Å². The van der Waals surface area contributed by atoms with Crippen molar-refractivity contribution in [1.29, 1.82) is 0 Å². The molecule has 0 saturated heterocycles. The van der Waals surface area contributed by atoms with E-state index in [2.05, 4.69) is 5.32 Å². The summed E-state index contributed by atoms with van der Waals surface area (Å²) in [5, 5.41) is 2.94. The molecule has 2 aromatic carbocycles. The summed E-state index contributed by atoms with van der Waals surface area (Å²) in [5.74, 6) is -0.426. The average molecular weight is 349 g/mol. The first kappa shape index (κ1) is 20.2. The molecule has 24 heavy (non-hydrogen) atoms. The number of rotatable bonds is 6. The van der Waals surface area contributed by atoms with Crippen LogP contribution >= 0.6 is 12.4 Å². The van der Waals surface area contributed by atoms with Gasteiger partial charge in [0.1, 0.15) is 0 Å². The second kappa shape index (κ2) is 9.42. The molecule has 0 aromatic heterocycles. The fraction of sp³-hybridized carbons (Fsp3) is 0.316. The molecule has 5 heteroatoms. The molecule has 0 bridgehead atoms. The zero-order valence-corrected chi connectivity index (χ0v) is 15.0. The van der Waals surface area contributed by atoms with Crippen molar-refractivity contribution in [2.24, 2.45) is 11.7 Å². The highest BCUT2D eigenvalue weighted by atomic mass is 35.5. The molecule has 0 aliphatic rings. The summed E-state index contributed by atoms with van der Waals surface area (Å²) >= 11 is 0. The number of anilines is 1. The number of carbonyl (C=O) groups is 1. The standard InChI is InChI=1S/C19H24N2O2.ClH/c1-13(18(20)15-8-5-4-6-9-15)19(22)21-17-11-7-10-16(12-17)14(2)23-3;/h4-14,18H,20H2,1-3H3,(H,21,22);1H. The lowest BCUT2D eigenvalue weighted by Gasteiger charge is -2.20. The monoisotopic (exact) mass is 348 g/mol. The normalized spacial score (nSPS) is 14.2. The SMILES string of the molecule is COC(C)c1cccc(NC(=O)C(C)C(N)c2ccccc2)c1.Cl. The summed E-state index contributed by atoms with van der Waals surface area (Å²) in [6, 6.07) is 17.0. The van der Waals surface area contributed by atoms with Crippen LogP contribution in [0.3, 0.4) is 0 Å². The second-order valence-electron chi connectivity index (χ2n) is 5.72. The number of methoxy groups -OCH3 is 1. The minimum atomic E-state index is -0.336. The van der Waals surface area contributed by atoms with Crippen molar-refractivity contribution < 1.29 is 9.53 Å². The summed E-state index contributed by atoms with van der Waals surface area (Å²) < 4.78 is 5.31. The van der Waals surface area contributed by atoms with E-state index in [9.17, 15) is 4.79 Å². The van der Waals surface area contributed by atoms with Crippen LogP contribution in [0.4, 0.5) is 5.69 Å². The summed E-state index contributed by atoms with van der Waals surface area (Å²) in [7, 11) is 1.66. The Morgan fingerprint density at radius 1 is 1.04 bits per heavy atom. The number of carbonyl (C=O) groups excluding carboxylic acids is 1. The minimum Gasteiger partial charge on any atom is -0.377 e. The Morgan fingerprint density at radius 3 is 2.29 bits per heavy atom. The van der Waals surface area contributed by atoms with Crippen LogP contribution < -0.4 is 11.1 Å². The molecule has 0 radical (unpaired) electrons. The van der Waals surface area contributed by atoms with E-state index in [1.54, 1.807) is 7.11 Å². The van der Waals surface area contributed by atoms with E-state index in [1.165, 1.54) is 0 Å². The Morgan fingerprint density at radius 2 is 1.67 bits per heavy atom. The predicted octanol–water partition coefficient (Wildman–Crippen LogP) is 4.09. The fourth-order valence-electron chi connectivity index (χ4n) is 2.39. The molecule has 130 valence electrons. The van der Waals surface area contributed by atoms with E-state index in [0.29, 0.717) is 0 Å². The van der Waals surface area contributed by atoms with E-state index in [1.807, 2.05) is 68.4 Å². The van der Waals surface area contributed by atoms with Gasteiger partial charge in [-0.3, -0.25) is 4.79 Å². The highest BCUT2D eigenvalue weighted by Crippen LogP contribution is 2.23. The maximum absolute atomic E-state index is 12.5. The second-order valence-corrected chi connectivity index (χ2v) is 5.72. The maximum Gasteiger partial charge on any atom is 0.229 e. The lowest BCUT2D eigenvalue weighted by atomic mass is 9.94. The molecule has 0 spiro atoms. The van der Waals surface area contributed by atoms with Crippen molar-refractivity contribution in [3.8, 4) is 0 Å². The van der Waals surface area contributed by atoms with E-state index in [0.717, 1.165) is 16.8 Å². The summed E-state index contributed by atoms with van der Waals surface area (Å²) in [6.45, 7) is 3.81. The molecule has 3 N–H and O–H groups in total. The number of ether oxygens (including phenoxy) is 1. The van der Waals surface area contributed by atoms with Crippen LogP contribution in [0.2, 0.25) is 0 Å². The van der Waals surface area contributed by atoms with Crippen molar-refractivity contribution in [3.05, 3.63) is 65.7 Å².